The van der Waals surface area contributed by atoms with Crippen LogP contribution in [0, 0.1) is 5.92 Å². The first-order valence-electron chi connectivity index (χ1n) is 7.72. The number of rotatable bonds is 4. The second-order valence-electron chi connectivity index (χ2n) is 6.15. The van der Waals surface area contributed by atoms with E-state index in [9.17, 15) is 8.42 Å². The molecule has 0 amide bonds. The van der Waals surface area contributed by atoms with Gasteiger partial charge < -0.3 is 5.73 Å². The van der Waals surface area contributed by atoms with E-state index in [1.807, 2.05) is 13.0 Å². The molecular formula is C16H26N2O2S. The minimum Gasteiger partial charge on any atom is -0.398 e. The van der Waals surface area contributed by atoms with E-state index in [0.29, 0.717) is 16.5 Å². The molecule has 21 heavy (non-hydrogen) atoms. The van der Waals surface area contributed by atoms with E-state index in [1.165, 1.54) is 0 Å². The molecule has 0 atom stereocenters. The average molecular weight is 310 g/mol. The van der Waals surface area contributed by atoms with Crippen molar-refractivity contribution in [1.29, 1.82) is 0 Å². The van der Waals surface area contributed by atoms with Gasteiger partial charge in [0, 0.05) is 18.8 Å². The van der Waals surface area contributed by atoms with Crippen LogP contribution >= 0.6 is 0 Å². The summed E-state index contributed by atoms with van der Waals surface area (Å²) < 4.78 is 27.0. The van der Waals surface area contributed by atoms with Gasteiger partial charge >= 0.3 is 0 Å². The monoisotopic (exact) mass is 310 g/mol. The Morgan fingerprint density at radius 3 is 2.38 bits per heavy atom. The average Bonchev–Trinajstić information content (AvgIpc) is 2.47. The third kappa shape index (κ3) is 3.40. The smallest absolute Gasteiger partial charge is 0.243 e. The van der Waals surface area contributed by atoms with Crippen LogP contribution in [-0.2, 0) is 16.4 Å². The second kappa shape index (κ2) is 6.36. The van der Waals surface area contributed by atoms with Crippen LogP contribution in [0.2, 0.25) is 0 Å². The second-order valence-corrected chi connectivity index (χ2v) is 8.15. The molecule has 1 aliphatic rings. The third-order valence-electron chi connectivity index (χ3n) is 4.67. The number of benzene rings is 1. The van der Waals surface area contributed by atoms with Gasteiger partial charge in [-0.15, -0.1) is 0 Å². The van der Waals surface area contributed by atoms with E-state index in [1.54, 1.807) is 23.5 Å². The molecule has 0 spiro atoms. The molecule has 5 heteroatoms. The van der Waals surface area contributed by atoms with Crippen molar-refractivity contribution in [3.8, 4) is 0 Å². The van der Waals surface area contributed by atoms with Gasteiger partial charge in [0.25, 0.3) is 0 Å². The first-order valence-corrected chi connectivity index (χ1v) is 9.16. The number of hydrogen-bond donors (Lipinski definition) is 1. The fraction of sp³-hybridized carbons (Fsp3) is 0.625. The minimum atomic E-state index is -3.45. The lowest BCUT2D eigenvalue weighted by Gasteiger charge is -2.32. The molecule has 0 unspecified atom stereocenters. The van der Waals surface area contributed by atoms with Gasteiger partial charge in [0.05, 0.1) is 4.90 Å². The Morgan fingerprint density at radius 2 is 1.86 bits per heavy atom. The summed E-state index contributed by atoms with van der Waals surface area (Å²) in [7, 11) is -1.76. The predicted octanol–water partition coefficient (Wildman–Crippen LogP) is 3.03. The quantitative estimate of drug-likeness (QED) is 0.869. The van der Waals surface area contributed by atoms with Gasteiger partial charge in [0.2, 0.25) is 10.0 Å². The van der Waals surface area contributed by atoms with E-state index in [4.69, 9.17) is 5.73 Å². The normalized spacial score (nSPS) is 23.4. The molecule has 0 saturated heterocycles. The molecule has 1 saturated carbocycles. The lowest BCUT2D eigenvalue weighted by Crippen LogP contribution is -2.39. The molecule has 0 aliphatic heterocycles. The molecule has 0 bridgehead atoms. The molecule has 2 rings (SSSR count). The zero-order valence-electron chi connectivity index (χ0n) is 13.2. The van der Waals surface area contributed by atoms with Crippen LogP contribution in [0.15, 0.2) is 23.1 Å². The Hall–Kier alpha value is -1.07. The standard InChI is InChI=1S/C16H26N2O2S/c1-4-13-7-10-15(11-16(13)17)21(19,20)18(3)14-8-5-12(2)6-9-14/h7,10-12,14H,4-6,8-9,17H2,1-3H3. The van der Waals surface area contributed by atoms with Gasteiger partial charge in [-0.2, -0.15) is 4.31 Å². The summed E-state index contributed by atoms with van der Waals surface area (Å²) in [5.74, 6) is 0.705. The van der Waals surface area contributed by atoms with Crippen molar-refractivity contribution in [2.24, 2.45) is 5.92 Å². The Morgan fingerprint density at radius 1 is 1.24 bits per heavy atom. The summed E-state index contributed by atoms with van der Waals surface area (Å²) in [6, 6.07) is 5.19. The van der Waals surface area contributed by atoms with Gasteiger partial charge in [0.1, 0.15) is 0 Å². The Labute approximate surface area is 128 Å². The van der Waals surface area contributed by atoms with Gasteiger partial charge in [-0.05, 0) is 55.7 Å². The molecule has 2 N–H and O–H groups in total. The van der Waals surface area contributed by atoms with E-state index >= 15 is 0 Å². The van der Waals surface area contributed by atoms with E-state index in [-0.39, 0.29) is 6.04 Å². The topological polar surface area (TPSA) is 63.4 Å². The number of hydrogen-bond acceptors (Lipinski definition) is 3. The lowest BCUT2D eigenvalue weighted by molar-refractivity contribution is 0.246. The van der Waals surface area contributed by atoms with E-state index < -0.39 is 10.0 Å². The fourth-order valence-electron chi connectivity index (χ4n) is 3.02. The summed E-state index contributed by atoms with van der Waals surface area (Å²) in [4.78, 5) is 0.304. The Balaban J connectivity index is 2.22. The maximum Gasteiger partial charge on any atom is 0.243 e. The molecule has 1 fully saturated rings. The molecule has 0 radical (unpaired) electrons. The largest absolute Gasteiger partial charge is 0.398 e. The van der Waals surface area contributed by atoms with Crippen LogP contribution in [0.3, 0.4) is 0 Å². The van der Waals surface area contributed by atoms with Gasteiger partial charge in [-0.25, -0.2) is 8.42 Å². The maximum atomic E-state index is 12.7. The van der Waals surface area contributed by atoms with Crippen LogP contribution in [0.4, 0.5) is 5.69 Å². The van der Waals surface area contributed by atoms with Crippen molar-refractivity contribution in [3.63, 3.8) is 0 Å². The van der Waals surface area contributed by atoms with Crippen LogP contribution in [0.1, 0.15) is 45.1 Å². The Kier molecular flexibility index (Phi) is 4.94. The lowest BCUT2D eigenvalue weighted by atomic mass is 9.87. The van der Waals surface area contributed by atoms with E-state index in [2.05, 4.69) is 6.92 Å². The minimum absolute atomic E-state index is 0.110. The highest BCUT2D eigenvalue weighted by atomic mass is 32.2. The number of sulfonamides is 1. The maximum absolute atomic E-state index is 12.7. The summed E-state index contributed by atoms with van der Waals surface area (Å²) in [5, 5.41) is 0. The predicted molar refractivity (Wildman–Crippen MR) is 86.6 cm³/mol. The SMILES string of the molecule is CCc1ccc(S(=O)(=O)N(C)C2CCC(C)CC2)cc1N. The molecule has 0 aromatic heterocycles. The first kappa shape index (κ1) is 16.3. The zero-order chi connectivity index (χ0) is 15.6. The molecule has 1 aromatic rings. The molecule has 4 nitrogen and oxygen atoms in total. The number of nitrogens with zero attached hydrogens (tertiary/aromatic N) is 1. The highest BCUT2D eigenvalue weighted by molar-refractivity contribution is 7.89. The summed E-state index contributed by atoms with van der Waals surface area (Å²) in [6.07, 6.45) is 4.89. The third-order valence-corrected chi connectivity index (χ3v) is 6.58. The molecule has 1 aromatic carbocycles. The summed E-state index contributed by atoms with van der Waals surface area (Å²) in [5.41, 5.74) is 7.49. The number of anilines is 1. The van der Waals surface area contributed by atoms with Gasteiger partial charge in [-0.1, -0.05) is 19.9 Å². The number of aryl methyl sites for hydroxylation is 1. The fourth-order valence-corrected chi connectivity index (χ4v) is 4.48. The molecule has 0 heterocycles. The van der Waals surface area contributed by atoms with Crippen molar-refractivity contribution in [1.82, 2.24) is 4.31 Å². The van der Waals surface area contributed by atoms with Crippen LogP contribution < -0.4 is 5.73 Å². The van der Waals surface area contributed by atoms with Gasteiger partial charge in [-0.3, -0.25) is 0 Å². The van der Waals surface area contributed by atoms with Crippen molar-refractivity contribution in [3.05, 3.63) is 23.8 Å². The number of nitrogen functional groups attached to an aromatic ring is 1. The van der Waals surface area contributed by atoms with Crippen LogP contribution in [0.5, 0.6) is 0 Å². The Bertz CT molecular complexity index is 590. The molecule has 1 aliphatic carbocycles. The van der Waals surface area contributed by atoms with Crippen molar-refractivity contribution >= 4 is 15.7 Å². The van der Waals surface area contributed by atoms with Crippen molar-refractivity contribution in [2.45, 2.75) is 56.9 Å². The highest BCUT2D eigenvalue weighted by Crippen LogP contribution is 2.30. The summed E-state index contributed by atoms with van der Waals surface area (Å²) >= 11 is 0. The van der Waals surface area contributed by atoms with Gasteiger partial charge in [0.15, 0.2) is 0 Å². The number of nitrogens with two attached hydrogens (primary N) is 1. The van der Waals surface area contributed by atoms with Crippen molar-refractivity contribution < 1.29 is 8.42 Å². The first-order chi connectivity index (χ1) is 9.86. The van der Waals surface area contributed by atoms with Crippen LogP contribution in [-0.4, -0.2) is 25.8 Å². The summed E-state index contributed by atoms with van der Waals surface area (Å²) in [6.45, 7) is 4.24. The van der Waals surface area contributed by atoms with Crippen LogP contribution in [0.25, 0.3) is 0 Å². The molecular weight excluding hydrogens is 284 g/mol. The molecule has 118 valence electrons. The zero-order valence-corrected chi connectivity index (χ0v) is 14.0. The van der Waals surface area contributed by atoms with E-state index in [0.717, 1.165) is 37.7 Å². The highest BCUT2D eigenvalue weighted by Gasteiger charge is 2.30. The van der Waals surface area contributed by atoms with Crippen molar-refractivity contribution in [2.75, 3.05) is 12.8 Å².